The fourth-order valence-corrected chi connectivity index (χ4v) is 4.05. The van der Waals surface area contributed by atoms with Crippen molar-refractivity contribution in [3.8, 4) is 0 Å². The zero-order valence-corrected chi connectivity index (χ0v) is 26.6. The molecule has 0 aromatic heterocycles. The SMILES string of the molecule is CCCc1cc2ccccc2[cH-]1.CCCc1cc2ccccc2[cH-]1.CC[Si]CC.[Br-].[Br-].[Zr+4]. The van der Waals surface area contributed by atoms with Crippen molar-refractivity contribution in [2.75, 3.05) is 0 Å². The number of hydrogen-bond donors (Lipinski definition) is 0. The second-order valence-corrected chi connectivity index (χ2v) is 9.36. The summed E-state index contributed by atoms with van der Waals surface area (Å²) in [6.07, 6.45) is 4.87. The van der Waals surface area contributed by atoms with E-state index in [1.165, 1.54) is 80.0 Å². The van der Waals surface area contributed by atoms with Gasteiger partial charge >= 0.3 is 26.2 Å². The summed E-state index contributed by atoms with van der Waals surface area (Å²) in [6.45, 7) is 8.89. The number of benzene rings is 2. The predicted octanol–water partition coefficient (Wildman–Crippen LogP) is 2.59. The molecule has 0 heterocycles. The maximum Gasteiger partial charge on any atom is 4.00 e. The molecule has 0 unspecified atom stereocenters. The van der Waals surface area contributed by atoms with E-state index in [-0.39, 0.29) is 60.2 Å². The van der Waals surface area contributed by atoms with Crippen molar-refractivity contribution >= 4 is 31.1 Å². The van der Waals surface area contributed by atoms with E-state index in [0.29, 0.717) is 0 Å². The third kappa shape index (κ3) is 11.7. The number of rotatable bonds is 6. The molecule has 4 aromatic rings. The normalized spacial score (nSPS) is 9.38. The molecule has 4 rings (SSSR count). The van der Waals surface area contributed by atoms with Gasteiger partial charge in [0.2, 0.25) is 0 Å². The molecule has 0 amide bonds. The van der Waals surface area contributed by atoms with Gasteiger partial charge in [0, 0.05) is 9.52 Å². The van der Waals surface area contributed by atoms with Crippen molar-refractivity contribution in [3.05, 3.63) is 83.9 Å². The molecule has 4 heteroatoms. The molecule has 0 saturated carbocycles. The fourth-order valence-electron chi connectivity index (χ4n) is 3.55. The maximum atomic E-state index is 2.29. The monoisotopic (exact) mass is 648 g/mol. The van der Waals surface area contributed by atoms with E-state index < -0.39 is 0 Å². The first-order valence-corrected chi connectivity index (χ1v) is 12.6. The Labute approximate surface area is 238 Å². The molecule has 0 aliphatic carbocycles. The van der Waals surface area contributed by atoms with Crippen LogP contribution in [0.1, 0.15) is 51.7 Å². The van der Waals surface area contributed by atoms with E-state index >= 15 is 0 Å². The zero-order chi connectivity index (χ0) is 20.9. The summed E-state index contributed by atoms with van der Waals surface area (Å²) in [5.74, 6) is 0. The Morgan fingerprint density at radius 3 is 1.28 bits per heavy atom. The van der Waals surface area contributed by atoms with Crippen LogP contribution >= 0.6 is 0 Å². The van der Waals surface area contributed by atoms with Gasteiger partial charge in [-0.1, -0.05) is 64.8 Å². The van der Waals surface area contributed by atoms with Crippen LogP contribution in [0.3, 0.4) is 0 Å². The van der Waals surface area contributed by atoms with Crippen molar-refractivity contribution < 1.29 is 60.2 Å². The molecule has 0 spiro atoms. The van der Waals surface area contributed by atoms with Crippen LogP contribution in [0.4, 0.5) is 0 Å². The van der Waals surface area contributed by atoms with Gasteiger partial charge in [0.05, 0.1) is 0 Å². The van der Waals surface area contributed by atoms with Crippen molar-refractivity contribution in [3.63, 3.8) is 0 Å². The Morgan fingerprint density at radius 2 is 1.00 bits per heavy atom. The summed E-state index contributed by atoms with van der Waals surface area (Å²) in [7, 11) is 1.20. The Morgan fingerprint density at radius 1 is 0.625 bits per heavy atom. The topological polar surface area (TPSA) is 0 Å². The van der Waals surface area contributed by atoms with Gasteiger partial charge in [-0.25, -0.2) is 0 Å². The van der Waals surface area contributed by atoms with Crippen LogP contribution in [0.25, 0.3) is 21.5 Å². The summed E-state index contributed by atoms with van der Waals surface area (Å²) < 4.78 is 0. The molecule has 0 N–H and O–H groups in total. The van der Waals surface area contributed by atoms with Crippen molar-refractivity contribution in [1.29, 1.82) is 0 Å². The van der Waals surface area contributed by atoms with Crippen LogP contribution in [0.2, 0.25) is 12.1 Å². The van der Waals surface area contributed by atoms with Crippen LogP contribution in [0.15, 0.2) is 72.8 Å². The average Bonchev–Trinajstić information content (AvgIpc) is 3.33. The third-order valence-electron chi connectivity index (χ3n) is 4.93. The minimum absolute atomic E-state index is 0. The quantitative estimate of drug-likeness (QED) is 0.222. The Hall–Kier alpha value is -0.280. The third-order valence-corrected chi connectivity index (χ3v) is 5.93. The first kappa shape index (κ1) is 33.9. The first-order valence-electron chi connectivity index (χ1n) is 11.2. The molecular weight excluding hydrogens is 615 g/mol. The van der Waals surface area contributed by atoms with Gasteiger partial charge in [0.15, 0.2) is 0 Å². The Bertz CT molecular complexity index is 814. The molecule has 0 aliphatic rings. The van der Waals surface area contributed by atoms with Crippen LogP contribution in [0, 0.1) is 0 Å². The number of aryl methyl sites for hydroxylation is 2. The van der Waals surface area contributed by atoms with Crippen LogP contribution in [-0.4, -0.2) is 9.52 Å². The smallest absolute Gasteiger partial charge is 1.00 e. The van der Waals surface area contributed by atoms with Crippen LogP contribution in [0.5, 0.6) is 0 Å². The molecule has 32 heavy (non-hydrogen) atoms. The number of fused-ring (bicyclic) bond motifs is 2. The van der Waals surface area contributed by atoms with Gasteiger partial charge in [-0.05, 0) is 12.8 Å². The molecule has 0 saturated heterocycles. The number of hydrogen-bond acceptors (Lipinski definition) is 0. The van der Waals surface area contributed by atoms with Crippen LogP contribution in [-0.2, 0) is 39.0 Å². The Kier molecular flexibility index (Phi) is 21.3. The van der Waals surface area contributed by atoms with E-state index in [2.05, 4.69) is 100 Å². The van der Waals surface area contributed by atoms with Crippen molar-refractivity contribution in [2.45, 2.75) is 65.5 Å². The summed E-state index contributed by atoms with van der Waals surface area (Å²) in [6, 6.07) is 29.0. The van der Waals surface area contributed by atoms with E-state index in [9.17, 15) is 0 Å². The van der Waals surface area contributed by atoms with Gasteiger partial charge in [-0.3, -0.25) is 0 Å². The molecule has 4 aromatic carbocycles. The van der Waals surface area contributed by atoms with E-state index in [0.717, 1.165) is 0 Å². The van der Waals surface area contributed by atoms with E-state index in [4.69, 9.17) is 0 Å². The largest absolute Gasteiger partial charge is 4.00 e. The molecule has 0 nitrogen and oxygen atoms in total. The second-order valence-electron chi connectivity index (χ2n) is 7.44. The Balaban J connectivity index is 0. The van der Waals surface area contributed by atoms with Gasteiger partial charge in [0.25, 0.3) is 0 Å². The van der Waals surface area contributed by atoms with E-state index in [1.807, 2.05) is 0 Å². The predicted molar refractivity (Wildman–Crippen MR) is 134 cm³/mol. The molecule has 2 radical (unpaired) electrons. The molecule has 0 atom stereocenters. The second kappa shape index (κ2) is 20.1. The molecule has 0 bridgehead atoms. The molecule has 0 aliphatic heterocycles. The fraction of sp³-hybridized carbons (Fsp3) is 0.357. The zero-order valence-electron chi connectivity index (χ0n) is 19.9. The van der Waals surface area contributed by atoms with Crippen molar-refractivity contribution in [1.82, 2.24) is 0 Å². The summed E-state index contributed by atoms with van der Waals surface area (Å²) in [4.78, 5) is 0. The van der Waals surface area contributed by atoms with Crippen molar-refractivity contribution in [2.24, 2.45) is 0 Å². The summed E-state index contributed by atoms with van der Waals surface area (Å²) >= 11 is 0. The maximum absolute atomic E-state index is 2.29. The summed E-state index contributed by atoms with van der Waals surface area (Å²) in [5.41, 5.74) is 2.94. The van der Waals surface area contributed by atoms with Gasteiger partial charge in [-0.15, -0.1) is 81.2 Å². The number of halogens is 2. The molecule has 0 fully saturated rings. The standard InChI is InChI=1S/2C12H13.C4H10Si.2BrH.Zr/c2*1-2-5-10-8-11-6-3-4-7-12(11)9-10;1-3-5-4-2;;;/h2*3-4,6-9H,2,5H2,1H3;3-4H2,1-2H3;2*1H;/q2*-1;;;;+4/p-2. The molecule has 170 valence electrons. The first-order chi connectivity index (χ1) is 14.2. The van der Waals surface area contributed by atoms with Crippen LogP contribution < -0.4 is 34.0 Å². The summed E-state index contributed by atoms with van der Waals surface area (Å²) in [5, 5.41) is 5.50. The van der Waals surface area contributed by atoms with Gasteiger partial charge in [0.1, 0.15) is 0 Å². The molecular formula is C28H36Br2SiZr. The average molecular weight is 652 g/mol. The minimum atomic E-state index is 0. The van der Waals surface area contributed by atoms with Gasteiger partial charge in [-0.2, -0.15) is 12.1 Å². The minimum Gasteiger partial charge on any atom is -1.00 e. The van der Waals surface area contributed by atoms with Gasteiger partial charge < -0.3 is 34.0 Å². The van der Waals surface area contributed by atoms with E-state index in [1.54, 1.807) is 0 Å².